The molecule has 16 amide bonds. The topological polar surface area (TPSA) is 487 Å². The van der Waals surface area contributed by atoms with Gasteiger partial charge in [-0.25, -0.2) is 14.4 Å². The van der Waals surface area contributed by atoms with E-state index >= 15 is 0 Å². The van der Waals surface area contributed by atoms with Crippen LogP contribution < -0.4 is 70.4 Å². The Morgan fingerprint density at radius 3 is 1.24 bits per heavy atom. The summed E-state index contributed by atoms with van der Waals surface area (Å²) in [6.45, 7) is 13.9. The number of likely N-dealkylation sites (N-methyl/N-ethyl adjacent to an activating group) is 1. The van der Waals surface area contributed by atoms with Gasteiger partial charge in [0.25, 0.3) is 6.45 Å². The lowest BCUT2D eigenvalue weighted by Gasteiger charge is -2.25. The van der Waals surface area contributed by atoms with E-state index < -0.39 is 85.2 Å². The summed E-state index contributed by atoms with van der Waals surface area (Å²) in [5, 5.41) is 26.0. The number of unbranched alkanes of at least 4 members (excludes halogenated alkanes) is 4. The van der Waals surface area contributed by atoms with Crippen molar-refractivity contribution >= 4 is 124 Å². The Labute approximate surface area is 620 Å². The van der Waals surface area contributed by atoms with Crippen LogP contribution in [-0.4, -0.2) is 204 Å². The van der Waals surface area contributed by atoms with Gasteiger partial charge in [0.15, 0.2) is 12.9 Å². The first-order chi connectivity index (χ1) is 49.2. The average Bonchev–Trinajstić information content (AvgIpc) is 1.67. The number of hydrogen-bond acceptors (Lipinski definition) is 20. The minimum absolute atomic E-state index is 0. The molecule has 0 spiro atoms. The normalized spacial score (nSPS) is 15.9. The van der Waals surface area contributed by atoms with Crippen molar-refractivity contribution in [2.75, 3.05) is 57.1 Å². The highest BCUT2D eigenvalue weighted by molar-refractivity contribution is 8.00. The van der Waals surface area contributed by atoms with Crippen molar-refractivity contribution in [1.29, 1.82) is 0 Å². The molecule has 103 heavy (non-hydrogen) atoms. The number of anilines is 1. The molecule has 2 unspecified atom stereocenters. The number of carbonyl (C=O) groups is 16. The molecule has 0 aromatic heterocycles. The van der Waals surface area contributed by atoms with Gasteiger partial charge in [-0.1, -0.05) is 88.3 Å². The van der Waals surface area contributed by atoms with Crippen LogP contribution in [0, 0.1) is 17.8 Å². The average molecular weight is 1500 g/mol. The number of nitrogens with zero attached hydrogens (tertiary/aromatic N) is 2. The number of carbonyl (C=O) groups excluding carboxylic acids is 16. The van der Waals surface area contributed by atoms with E-state index in [4.69, 9.17) is 21.3 Å². The maximum atomic E-state index is 13.3. The Balaban J connectivity index is 0. The highest BCUT2D eigenvalue weighted by atomic mass is 32.2. The number of nitrogens with one attached hydrogen (secondary N) is 10. The third-order valence-electron chi connectivity index (χ3n) is 15.9. The Hall–Kier alpha value is -8.40. The quantitative estimate of drug-likeness (QED) is 0.0252. The molecular weight excluding hydrogens is 1370 g/mol. The van der Waals surface area contributed by atoms with Crippen molar-refractivity contribution < 1.29 is 85.6 Å². The molecule has 0 bridgehead atoms. The lowest BCUT2D eigenvalue weighted by atomic mass is 10.0. The standard InChI is InChI=1S/C30H44N6O8S.C23H39N5O6S.C14H28N4O3.2CH4/c1-19(2)26(35-24(38)9-5-4-6-15-36-25(39)16-23(45-3)29(36)42)28(41)34-22(8-7-14-32-30(31)43)27(40)33-21-12-10-20(11-13-21)17-44-18-37;1-14(2)20(21(32)26-16(15(3)29)9-8-11-25-23(24)34)27-18(30)10-6-5-7-12-28-19(31)13-17(35-4)22(28)33;1-5-16-12(9(2)3)13(20)18-11(10(4)19)7-6-8-17-14(15)21;;/h10-13,18-19,22-23,26H,4-9,14-17H2,1-3H3,(H,33,40)(H,34,41)(H,35,38)(H3,31,32,43);14,16-17,20H,5-13H2,1-4H3,(H,26,32)(H,27,30)(H3,24,25,34);9,11-12,16H,5-8H2,1-4H3,(H,18,20)(H3,15,17,21);2*1H4/t22-,23?,26-;16-,17?,20-;11-,12-;;/m000../s1/i18D;3D;4D;;. The zero-order chi connectivity index (χ0) is 78.6. The summed E-state index contributed by atoms with van der Waals surface area (Å²) in [5.41, 5.74) is 16.1. The monoisotopic (exact) mass is 1500 g/mol. The number of likely N-dealkylation sites (tertiary alicyclic amines) is 2. The largest absolute Gasteiger partial charge is 0.463 e. The molecule has 16 N–H and O–H groups in total. The fourth-order valence-corrected chi connectivity index (χ4v) is 11.6. The van der Waals surface area contributed by atoms with E-state index in [2.05, 4.69) is 57.9 Å². The van der Waals surface area contributed by atoms with E-state index in [9.17, 15) is 76.7 Å². The lowest BCUT2D eigenvalue weighted by molar-refractivity contribution is -0.139. The number of Topliss-reactive ketones (excluding diaryl/α,β-unsaturated/α-hetero) is 2. The summed E-state index contributed by atoms with van der Waals surface area (Å²) in [5.74, 6) is -4.39. The van der Waals surface area contributed by atoms with E-state index in [1.807, 2.05) is 20.8 Å². The van der Waals surface area contributed by atoms with E-state index in [0.717, 1.165) is 0 Å². The van der Waals surface area contributed by atoms with Crippen molar-refractivity contribution in [3.05, 3.63) is 29.8 Å². The Morgan fingerprint density at radius 2 is 0.913 bits per heavy atom. The molecular formula is C69H119N15O17S2. The van der Waals surface area contributed by atoms with Gasteiger partial charge in [0, 0.05) is 66.8 Å². The molecule has 2 aliphatic heterocycles. The Bertz CT molecular complexity index is 3020. The van der Waals surface area contributed by atoms with Crippen LogP contribution in [0.15, 0.2) is 24.3 Å². The number of imide groups is 2. The molecule has 1 aromatic rings. The maximum absolute atomic E-state index is 13.3. The molecule has 2 aliphatic rings. The number of ketones is 2. The number of rotatable bonds is 45. The SMILES string of the molecule is C.C.[2H]C(=O)OCc1ccc(NC(=O)[C@H](CCCNC(N)=O)NC(=O)[C@@H](NC(=O)CCCCCN2C(=O)CC(SC)C2=O)C(C)C)cc1.[2H]CC(=O)[C@H](CCCNC(N)=O)NC(=O)[C@@H](NC(=O)CCCCCN1C(=O)CC(SC)C1=O)C(C)C.[2H]CC(=O)[C@H](CCCNC(N)=O)NC(=O)[C@@H](NCC)C(C)C. The van der Waals surface area contributed by atoms with E-state index in [-0.39, 0.29) is 161 Å². The van der Waals surface area contributed by atoms with Crippen LogP contribution >= 0.6 is 23.5 Å². The highest BCUT2D eigenvalue weighted by Crippen LogP contribution is 2.25. The highest BCUT2D eigenvalue weighted by Gasteiger charge is 2.39. The fourth-order valence-electron chi connectivity index (χ4n) is 10.3. The minimum Gasteiger partial charge on any atom is -0.463 e. The second-order valence-corrected chi connectivity index (χ2v) is 27.2. The van der Waals surface area contributed by atoms with Crippen LogP contribution in [0.3, 0.4) is 0 Å². The van der Waals surface area contributed by atoms with Crippen LogP contribution in [0.4, 0.5) is 20.1 Å². The van der Waals surface area contributed by atoms with Crippen LogP contribution in [0.1, 0.15) is 190 Å². The maximum Gasteiger partial charge on any atom is 0.312 e. The molecule has 2 saturated heterocycles. The second kappa shape index (κ2) is 53.4. The van der Waals surface area contributed by atoms with E-state index in [1.54, 1.807) is 64.5 Å². The Kier molecular flexibility index (Phi) is 47.0. The molecule has 34 heteroatoms. The number of benzene rings is 1. The smallest absolute Gasteiger partial charge is 0.312 e. The Morgan fingerprint density at radius 1 is 0.544 bits per heavy atom. The number of amides is 16. The van der Waals surface area contributed by atoms with Gasteiger partial charge in [-0.3, -0.25) is 72.1 Å². The fraction of sp³-hybridized carbons (Fsp3) is 0.681. The molecule has 0 radical (unpaired) electrons. The first kappa shape index (κ1) is 90.7. The molecule has 2 heterocycles. The predicted octanol–water partition coefficient (Wildman–Crippen LogP) is 3.54. The number of nitrogens with two attached hydrogens (primary N) is 3. The van der Waals surface area contributed by atoms with Gasteiger partial charge in [0.2, 0.25) is 59.1 Å². The van der Waals surface area contributed by atoms with Gasteiger partial charge in [0.05, 0.1) is 28.6 Å². The summed E-state index contributed by atoms with van der Waals surface area (Å²) in [6, 6.07) is -0.420. The van der Waals surface area contributed by atoms with Crippen LogP contribution in [-0.2, 0) is 73.7 Å². The van der Waals surface area contributed by atoms with Gasteiger partial charge in [-0.05, 0) is 133 Å². The summed E-state index contributed by atoms with van der Waals surface area (Å²) in [4.78, 5) is 195. The second-order valence-electron chi connectivity index (χ2n) is 25.1. The number of urea groups is 3. The molecule has 3 rings (SSSR count). The van der Waals surface area contributed by atoms with Gasteiger partial charge in [-0.2, -0.15) is 23.5 Å². The molecule has 32 nitrogen and oxygen atoms in total. The number of thioether (sulfide) groups is 2. The van der Waals surface area contributed by atoms with Crippen LogP contribution in [0.2, 0.25) is 0 Å². The molecule has 8 atom stereocenters. The van der Waals surface area contributed by atoms with Gasteiger partial charge in [-0.15, -0.1) is 0 Å². The molecule has 0 aliphatic carbocycles. The van der Waals surface area contributed by atoms with Crippen LogP contribution in [0.25, 0.3) is 0 Å². The van der Waals surface area contributed by atoms with Crippen LogP contribution in [0.5, 0.6) is 0 Å². The number of hydrogen-bond donors (Lipinski definition) is 13. The van der Waals surface area contributed by atoms with Gasteiger partial charge in [0.1, 0.15) is 24.7 Å². The zero-order valence-corrected chi connectivity index (χ0v) is 61.4. The third-order valence-corrected chi connectivity index (χ3v) is 17.8. The molecule has 1 aromatic carbocycles. The van der Waals surface area contributed by atoms with Crippen molar-refractivity contribution in [1.82, 2.24) is 57.7 Å². The van der Waals surface area contributed by atoms with Crippen molar-refractivity contribution in [3.63, 3.8) is 0 Å². The first-order valence-electron chi connectivity index (χ1n) is 35.8. The van der Waals surface area contributed by atoms with Crippen molar-refractivity contribution in [2.24, 2.45) is 35.0 Å². The van der Waals surface area contributed by atoms with Gasteiger partial charge < -0.3 is 75.1 Å². The summed E-state index contributed by atoms with van der Waals surface area (Å²) in [7, 11) is 0. The molecule has 584 valence electrons. The van der Waals surface area contributed by atoms with Gasteiger partial charge >= 0.3 is 18.1 Å². The number of ether oxygens (including phenoxy) is 1. The summed E-state index contributed by atoms with van der Waals surface area (Å²) in [6.07, 6.45) is 8.64. The molecule has 0 saturated carbocycles. The van der Waals surface area contributed by atoms with E-state index in [1.165, 1.54) is 33.3 Å². The summed E-state index contributed by atoms with van der Waals surface area (Å²) < 4.78 is 26.0. The van der Waals surface area contributed by atoms with Crippen molar-refractivity contribution in [2.45, 2.75) is 233 Å². The minimum atomic E-state index is -1.16. The zero-order valence-electron chi connectivity index (χ0n) is 62.7. The molecule has 2 fully saturated rings. The van der Waals surface area contributed by atoms with Crippen molar-refractivity contribution in [3.8, 4) is 0 Å². The third kappa shape index (κ3) is 39.2. The first-order valence-corrected chi connectivity index (χ1v) is 36.5. The van der Waals surface area contributed by atoms with E-state index in [0.29, 0.717) is 102 Å². The summed E-state index contributed by atoms with van der Waals surface area (Å²) >= 11 is 2.74. The lowest BCUT2D eigenvalue weighted by Crippen LogP contribution is -2.54. The number of primary amides is 3. The predicted molar refractivity (Wildman–Crippen MR) is 397 cm³/mol.